The van der Waals surface area contributed by atoms with Gasteiger partial charge in [-0.25, -0.2) is 0 Å². The minimum atomic E-state index is -4.37. The second-order valence-electron chi connectivity index (χ2n) is 5.82. The smallest absolute Gasteiger partial charge is 0.356 e. The molecule has 0 amide bonds. The van der Waals surface area contributed by atoms with E-state index in [0.29, 0.717) is 10.8 Å². The summed E-state index contributed by atoms with van der Waals surface area (Å²) >= 11 is 5.28. The monoisotopic (exact) mass is 350 g/mol. The van der Waals surface area contributed by atoms with Crippen LogP contribution in [0, 0.1) is 0 Å². The summed E-state index contributed by atoms with van der Waals surface area (Å²) in [5.41, 5.74) is 2.13. The van der Waals surface area contributed by atoms with Gasteiger partial charge in [0.15, 0.2) is 5.11 Å². The van der Waals surface area contributed by atoms with Crippen molar-refractivity contribution in [1.29, 1.82) is 0 Å². The lowest BCUT2D eigenvalue weighted by atomic mass is 9.88. The molecule has 24 heavy (non-hydrogen) atoms. The molecule has 6 heteroatoms. The maximum atomic E-state index is 12.8. The van der Waals surface area contributed by atoms with Crippen molar-refractivity contribution in [2.24, 2.45) is 0 Å². The molecule has 1 aliphatic carbocycles. The molecule has 0 heterocycles. The topological polar surface area (TPSA) is 24.1 Å². The number of hydrogen-bond donors (Lipinski definition) is 2. The molecule has 2 nitrogen and oxygen atoms in total. The van der Waals surface area contributed by atoms with Crippen LogP contribution >= 0.6 is 12.2 Å². The van der Waals surface area contributed by atoms with Gasteiger partial charge in [0, 0.05) is 5.69 Å². The first-order chi connectivity index (χ1) is 11.4. The summed E-state index contributed by atoms with van der Waals surface area (Å²) in [5, 5.41) is 6.40. The van der Waals surface area contributed by atoms with E-state index in [-0.39, 0.29) is 6.04 Å². The predicted octanol–water partition coefficient (Wildman–Crippen LogP) is 5.07. The van der Waals surface area contributed by atoms with Crippen LogP contribution in [0.1, 0.15) is 35.6 Å². The van der Waals surface area contributed by atoms with Gasteiger partial charge in [0.05, 0.1) is 11.6 Å². The molecule has 0 aliphatic heterocycles. The number of anilines is 1. The Labute approximate surface area is 144 Å². The maximum absolute atomic E-state index is 12.8. The van der Waals surface area contributed by atoms with Gasteiger partial charge in [0.2, 0.25) is 0 Å². The highest BCUT2D eigenvalue weighted by atomic mass is 32.1. The van der Waals surface area contributed by atoms with E-state index in [0.717, 1.165) is 31.4 Å². The van der Waals surface area contributed by atoms with E-state index in [9.17, 15) is 13.2 Å². The first-order valence-electron chi connectivity index (χ1n) is 7.76. The molecule has 0 spiro atoms. The number of nitrogens with one attached hydrogen (secondary N) is 2. The highest BCUT2D eigenvalue weighted by Gasteiger charge is 2.30. The third-order valence-electron chi connectivity index (χ3n) is 4.12. The molecule has 2 aromatic rings. The Morgan fingerprint density at radius 2 is 1.88 bits per heavy atom. The summed E-state index contributed by atoms with van der Waals surface area (Å²) in [4.78, 5) is 0. The highest BCUT2D eigenvalue weighted by Crippen LogP contribution is 2.31. The first kappa shape index (κ1) is 16.8. The summed E-state index contributed by atoms with van der Waals surface area (Å²) in [6.45, 7) is 0. The van der Waals surface area contributed by atoms with Crippen LogP contribution in [0.5, 0.6) is 0 Å². The van der Waals surface area contributed by atoms with E-state index >= 15 is 0 Å². The second-order valence-corrected chi connectivity index (χ2v) is 6.23. The van der Waals surface area contributed by atoms with Gasteiger partial charge in [-0.1, -0.05) is 30.3 Å². The quantitative estimate of drug-likeness (QED) is 0.740. The van der Waals surface area contributed by atoms with Crippen LogP contribution in [0.3, 0.4) is 0 Å². The summed E-state index contributed by atoms with van der Waals surface area (Å²) in [7, 11) is 0. The number of aryl methyl sites for hydroxylation is 1. The summed E-state index contributed by atoms with van der Waals surface area (Å²) in [6.07, 6.45) is -1.32. The van der Waals surface area contributed by atoms with E-state index in [2.05, 4.69) is 22.8 Å². The lowest BCUT2D eigenvalue weighted by molar-refractivity contribution is -0.137. The molecule has 3 rings (SSSR count). The van der Waals surface area contributed by atoms with E-state index in [4.69, 9.17) is 12.2 Å². The van der Waals surface area contributed by atoms with Crippen LogP contribution in [0.2, 0.25) is 0 Å². The Balaban J connectivity index is 1.69. The molecule has 0 radical (unpaired) electrons. The summed E-state index contributed by atoms with van der Waals surface area (Å²) in [6, 6.07) is 13.3. The van der Waals surface area contributed by atoms with Gasteiger partial charge in [-0.2, -0.15) is 13.2 Å². The number of hydrogen-bond acceptors (Lipinski definition) is 1. The third-order valence-corrected chi connectivity index (χ3v) is 4.34. The zero-order valence-electron chi connectivity index (χ0n) is 12.9. The largest absolute Gasteiger partial charge is 0.416 e. The number of halogens is 3. The minimum absolute atomic E-state index is 0.0840. The van der Waals surface area contributed by atoms with Crippen molar-refractivity contribution in [1.82, 2.24) is 5.32 Å². The van der Waals surface area contributed by atoms with Crippen molar-refractivity contribution < 1.29 is 13.2 Å². The maximum Gasteiger partial charge on any atom is 0.416 e. The zero-order chi connectivity index (χ0) is 17.2. The zero-order valence-corrected chi connectivity index (χ0v) is 13.7. The molecular weight excluding hydrogens is 333 g/mol. The van der Waals surface area contributed by atoms with Crippen LogP contribution in [-0.2, 0) is 12.6 Å². The fourth-order valence-corrected chi connectivity index (χ4v) is 3.26. The Hall–Kier alpha value is -2.08. The van der Waals surface area contributed by atoms with Gasteiger partial charge >= 0.3 is 6.18 Å². The van der Waals surface area contributed by atoms with E-state index in [1.54, 1.807) is 6.07 Å². The Kier molecular flexibility index (Phi) is 4.76. The number of rotatable bonds is 2. The average Bonchev–Trinajstić information content (AvgIpc) is 2.54. The standard InChI is InChI=1S/C18H17F3N2S/c19-18(20,21)13-7-4-8-14(11-13)22-17(24)23-16-10-3-6-12-5-1-2-9-15(12)16/h1-2,4-5,7-9,11,16H,3,6,10H2,(H2,22,23,24)/t16-/m0/s1. The molecule has 126 valence electrons. The number of alkyl halides is 3. The van der Waals surface area contributed by atoms with Gasteiger partial charge in [-0.05, 0) is 60.8 Å². The van der Waals surface area contributed by atoms with Crippen LogP contribution in [0.15, 0.2) is 48.5 Å². The lowest BCUT2D eigenvalue weighted by Crippen LogP contribution is -2.34. The second kappa shape index (κ2) is 6.81. The molecule has 2 N–H and O–H groups in total. The fourth-order valence-electron chi connectivity index (χ4n) is 3.00. The van der Waals surface area contributed by atoms with E-state index in [1.165, 1.54) is 17.2 Å². The van der Waals surface area contributed by atoms with Gasteiger partial charge in [-0.3, -0.25) is 0 Å². The summed E-state index contributed by atoms with van der Waals surface area (Å²) in [5.74, 6) is 0. The number of benzene rings is 2. The van der Waals surface area contributed by atoms with E-state index in [1.807, 2.05) is 12.1 Å². The van der Waals surface area contributed by atoms with Crippen molar-refractivity contribution in [3.8, 4) is 0 Å². The summed E-state index contributed by atoms with van der Waals surface area (Å²) < 4.78 is 38.3. The molecule has 2 aromatic carbocycles. The SMILES string of the molecule is FC(F)(F)c1cccc(NC(=S)N[C@H]2CCCc3ccccc32)c1. The Morgan fingerprint density at radius 1 is 1.08 bits per heavy atom. The average molecular weight is 350 g/mol. The third kappa shape index (κ3) is 3.87. The normalized spacial score (nSPS) is 17.0. The lowest BCUT2D eigenvalue weighted by Gasteiger charge is -2.27. The van der Waals surface area contributed by atoms with Gasteiger partial charge in [0.25, 0.3) is 0 Å². The molecule has 0 bridgehead atoms. The van der Waals surface area contributed by atoms with Gasteiger partial charge in [0.1, 0.15) is 0 Å². The van der Waals surface area contributed by atoms with Gasteiger partial charge < -0.3 is 10.6 Å². The molecule has 0 aromatic heterocycles. The van der Waals surface area contributed by atoms with Crippen molar-refractivity contribution in [3.63, 3.8) is 0 Å². The Morgan fingerprint density at radius 3 is 2.67 bits per heavy atom. The molecule has 1 atom stereocenters. The number of fused-ring (bicyclic) bond motifs is 1. The molecule has 0 fully saturated rings. The van der Waals surface area contributed by atoms with Crippen molar-refractivity contribution in [2.45, 2.75) is 31.5 Å². The molecule has 1 aliphatic rings. The van der Waals surface area contributed by atoms with Crippen LogP contribution in [0.4, 0.5) is 18.9 Å². The molecule has 0 saturated heterocycles. The fraction of sp³-hybridized carbons (Fsp3) is 0.278. The molecule has 0 unspecified atom stereocenters. The van der Waals surface area contributed by atoms with Crippen molar-refractivity contribution >= 4 is 23.0 Å². The molecular formula is C18H17F3N2S. The molecule has 0 saturated carbocycles. The highest BCUT2D eigenvalue weighted by molar-refractivity contribution is 7.80. The van der Waals surface area contributed by atoms with Crippen LogP contribution in [0.25, 0.3) is 0 Å². The predicted molar refractivity (Wildman–Crippen MR) is 92.9 cm³/mol. The Bertz CT molecular complexity index is 743. The first-order valence-corrected chi connectivity index (χ1v) is 8.17. The minimum Gasteiger partial charge on any atom is -0.356 e. The van der Waals surface area contributed by atoms with Gasteiger partial charge in [-0.15, -0.1) is 0 Å². The van der Waals surface area contributed by atoms with Crippen LogP contribution < -0.4 is 10.6 Å². The van der Waals surface area contributed by atoms with E-state index < -0.39 is 11.7 Å². The van der Waals surface area contributed by atoms with Crippen LogP contribution in [-0.4, -0.2) is 5.11 Å². The number of thiocarbonyl (C=S) groups is 1. The van der Waals surface area contributed by atoms with Crippen molar-refractivity contribution in [2.75, 3.05) is 5.32 Å². The van der Waals surface area contributed by atoms with Crippen molar-refractivity contribution in [3.05, 3.63) is 65.2 Å².